The number of nitrogens with one attached hydrogen (secondary N) is 1. The summed E-state index contributed by atoms with van der Waals surface area (Å²) < 4.78 is -0.862. The number of Topliss-reactive ketones (excluding diaryl/α,β-unsaturated/α-hetero) is 1. The van der Waals surface area contributed by atoms with Crippen molar-refractivity contribution in [1.29, 1.82) is 0 Å². The lowest BCUT2D eigenvalue weighted by Crippen LogP contribution is -2.38. The first kappa shape index (κ1) is 17.7. The highest BCUT2D eigenvalue weighted by molar-refractivity contribution is 8.02. The number of aliphatic hydroxyl groups excluding tert-OH is 1. The third-order valence-electron chi connectivity index (χ3n) is 3.37. The standard InChI is InChI=1S/C16H23NO3S/c1-4-9-16(11-18,13(3)19)21-10-15(20)17-14-7-5-12(2)6-8-14/h5-8,18H,4,9-11H2,1-3H3,(H,17,20). The zero-order valence-corrected chi connectivity index (χ0v) is 13.6. The molecule has 2 N–H and O–H groups in total. The summed E-state index contributed by atoms with van der Waals surface area (Å²) >= 11 is 1.22. The molecule has 0 radical (unpaired) electrons. The summed E-state index contributed by atoms with van der Waals surface area (Å²) in [7, 11) is 0. The lowest BCUT2D eigenvalue weighted by Gasteiger charge is -2.27. The Labute approximate surface area is 130 Å². The van der Waals surface area contributed by atoms with E-state index in [2.05, 4.69) is 5.32 Å². The average molecular weight is 309 g/mol. The van der Waals surface area contributed by atoms with E-state index in [4.69, 9.17) is 0 Å². The van der Waals surface area contributed by atoms with Crippen molar-refractivity contribution in [2.45, 2.75) is 38.4 Å². The fraction of sp³-hybridized carbons (Fsp3) is 0.500. The van der Waals surface area contributed by atoms with E-state index in [9.17, 15) is 14.7 Å². The molecular formula is C16H23NO3S. The molecule has 4 nitrogen and oxygen atoms in total. The number of thioether (sulfide) groups is 1. The predicted molar refractivity (Wildman–Crippen MR) is 87.7 cm³/mol. The molecule has 0 heterocycles. The molecule has 0 bridgehead atoms. The van der Waals surface area contributed by atoms with Crippen molar-refractivity contribution in [3.63, 3.8) is 0 Å². The molecule has 0 spiro atoms. The molecule has 1 atom stereocenters. The van der Waals surface area contributed by atoms with Crippen LogP contribution in [0.15, 0.2) is 24.3 Å². The van der Waals surface area contributed by atoms with Gasteiger partial charge in [-0.3, -0.25) is 9.59 Å². The van der Waals surface area contributed by atoms with Crippen molar-refractivity contribution < 1.29 is 14.7 Å². The van der Waals surface area contributed by atoms with Gasteiger partial charge in [-0.15, -0.1) is 11.8 Å². The lowest BCUT2D eigenvalue weighted by molar-refractivity contribution is -0.120. The number of aliphatic hydroxyl groups is 1. The minimum Gasteiger partial charge on any atom is -0.394 e. The van der Waals surface area contributed by atoms with Crippen LogP contribution in [0.1, 0.15) is 32.3 Å². The van der Waals surface area contributed by atoms with Crippen LogP contribution >= 0.6 is 11.8 Å². The Morgan fingerprint density at radius 3 is 2.38 bits per heavy atom. The maximum atomic E-state index is 12.0. The van der Waals surface area contributed by atoms with Gasteiger partial charge in [0.05, 0.1) is 17.1 Å². The number of carbonyl (C=O) groups is 2. The van der Waals surface area contributed by atoms with Crippen molar-refractivity contribution in [3.8, 4) is 0 Å². The first-order valence-corrected chi connectivity index (χ1v) is 8.04. The largest absolute Gasteiger partial charge is 0.394 e. The van der Waals surface area contributed by atoms with Crippen molar-refractivity contribution in [2.24, 2.45) is 0 Å². The van der Waals surface area contributed by atoms with Gasteiger partial charge in [0.25, 0.3) is 0 Å². The van der Waals surface area contributed by atoms with Crippen LogP contribution < -0.4 is 5.32 Å². The van der Waals surface area contributed by atoms with E-state index in [1.54, 1.807) is 0 Å². The molecule has 1 amide bonds. The van der Waals surface area contributed by atoms with Gasteiger partial charge in [-0.05, 0) is 32.4 Å². The van der Waals surface area contributed by atoms with Crippen molar-refractivity contribution >= 4 is 29.1 Å². The van der Waals surface area contributed by atoms with Gasteiger partial charge in [-0.2, -0.15) is 0 Å². The quantitative estimate of drug-likeness (QED) is 0.775. The monoisotopic (exact) mass is 309 g/mol. The lowest BCUT2D eigenvalue weighted by atomic mass is 9.99. The van der Waals surface area contributed by atoms with Crippen molar-refractivity contribution in [1.82, 2.24) is 0 Å². The van der Waals surface area contributed by atoms with Gasteiger partial charge >= 0.3 is 0 Å². The fourth-order valence-corrected chi connectivity index (χ4v) is 3.15. The Morgan fingerprint density at radius 1 is 1.29 bits per heavy atom. The van der Waals surface area contributed by atoms with Crippen LogP contribution in [0.2, 0.25) is 0 Å². The number of ketones is 1. The number of benzene rings is 1. The third kappa shape index (κ3) is 5.17. The van der Waals surface area contributed by atoms with Gasteiger partial charge in [0.1, 0.15) is 5.78 Å². The minimum absolute atomic E-state index is 0.0833. The SMILES string of the molecule is CCCC(CO)(SCC(=O)Nc1ccc(C)cc1)C(C)=O. The van der Waals surface area contributed by atoms with Gasteiger partial charge in [0, 0.05) is 5.69 Å². The number of hydrogen-bond acceptors (Lipinski definition) is 4. The summed E-state index contributed by atoms with van der Waals surface area (Å²) in [5.41, 5.74) is 1.86. The van der Waals surface area contributed by atoms with Gasteiger partial charge in [0.15, 0.2) is 0 Å². The molecule has 0 aliphatic rings. The van der Waals surface area contributed by atoms with Crippen LogP contribution in [0, 0.1) is 6.92 Å². The van der Waals surface area contributed by atoms with E-state index in [0.29, 0.717) is 6.42 Å². The topological polar surface area (TPSA) is 66.4 Å². The second-order valence-electron chi connectivity index (χ2n) is 5.16. The summed E-state index contributed by atoms with van der Waals surface area (Å²) in [5.74, 6) is -0.104. The second-order valence-corrected chi connectivity index (χ2v) is 6.52. The predicted octanol–water partition coefficient (Wildman–Crippen LogP) is 2.79. The van der Waals surface area contributed by atoms with Gasteiger partial charge in [-0.1, -0.05) is 31.0 Å². The van der Waals surface area contributed by atoms with Crippen LogP contribution in [0.4, 0.5) is 5.69 Å². The Hall–Kier alpha value is -1.33. The molecule has 21 heavy (non-hydrogen) atoms. The number of amides is 1. The molecule has 0 fully saturated rings. The van der Waals surface area contributed by atoms with E-state index in [1.165, 1.54) is 18.7 Å². The highest BCUT2D eigenvalue weighted by Crippen LogP contribution is 2.31. The van der Waals surface area contributed by atoms with E-state index in [1.807, 2.05) is 38.1 Å². The fourth-order valence-electron chi connectivity index (χ4n) is 2.03. The Kier molecular flexibility index (Phi) is 6.92. The third-order valence-corrected chi connectivity index (χ3v) is 4.95. The smallest absolute Gasteiger partial charge is 0.234 e. The van der Waals surface area contributed by atoms with E-state index >= 15 is 0 Å². The number of hydrogen-bond donors (Lipinski definition) is 2. The molecule has 0 aromatic heterocycles. The van der Waals surface area contributed by atoms with Crippen LogP contribution in [-0.4, -0.2) is 33.9 Å². The zero-order chi connectivity index (χ0) is 15.9. The summed E-state index contributed by atoms with van der Waals surface area (Å²) in [6, 6.07) is 7.53. The van der Waals surface area contributed by atoms with E-state index < -0.39 is 4.75 Å². The zero-order valence-electron chi connectivity index (χ0n) is 12.8. The first-order valence-electron chi connectivity index (χ1n) is 7.06. The van der Waals surface area contributed by atoms with Gasteiger partial charge in [0.2, 0.25) is 5.91 Å². The van der Waals surface area contributed by atoms with Crippen LogP contribution in [0.3, 0.4) is 0 Å². The molecule has 1 rings (SSSR count). The molecule has 116 valence electrons. The highest BCUT2D eigenvalue weighted by Gasteiger charge is 2.35. The molecule has 1 aromatic carbocycles. The molecule has 0 aliphatic heterocycles. The maximum Gasteiger partial charge on any atom is 0.234 e. The van der Waals surface area contributed by atoms with Crippen LogP contribution in [-0.2, 0) is 9.59 Å². The molecule has 0 saturated carbocycles. The second kappa shape index (κ2) is 8.20. The average Bonchev–Trinajstić information content (AvgIpc) is 2.45. The Bertz CT molecular complexity index is 487. The Morgan fingerprint density at radius 2 is 1.90 bits per heavy atom. The number of anilines is 1. The summed E-state index contributed by atoms with van der Waals surface area (Å²) in [6.45, 7) is 5.17. The van der Waals surface area contributed by atoms with Crippen LogP contribution in [0.5, 0.6) is 0 Å². The van der Waals surface area contributed by atoms with E-state index in [-0.39, 0.29) is 24.1 Å². The van der Waals surface area contributed by atoms with Crippen molar-refractivity contribution in [2.75, 3.05) is 17.7 Å². The van der Waals surface area contributed by atoms with E-state index in [0.717, 1.165) is 17.7 Å². The number of aryl methyl sites for hydroxylation is 1. The molecule has 5 heteroatoms. The minimum atomic E-state index is -0.862. The maximum absolute atomic E-state index is 12.0. The van der Waals surface area contributed by atoms with Crippen molar-refractivity contribution in [3.05, 3.63) is 29.8 Å². The Balaban J connectivity index is 2.61. The number of rotatable bonds is 8. The summed E-state index contributed by atoms with van der Waals surface area (Å²) in [6.07, 6.45) is 1.36. The molecule has 0 aliphatic carbocycles. The molecule has 0 saturated heterocycles. The highest BCUT2D eigenvalue weighted by atomic mass is 32.2. The summed E-state index contributed by atoms with van der Waals surface area (Å²) in [4.78, 5) is 23.7. The molecular weight excluding hydrogens is 286 g/mol. The van der Waals surface area contributed by atoms with Gasteiger partial charge < -0.3 is 10.4 Å². The van der Waals surface area contributed by atoms with Gasteiger partial charge in [-0.25, -0.2) is 0 Å². The normalized spacial score (nSPS) is 13.5. The first-order chi connectivity index (χ1) is 9.93. The molecule has 1 unspecified atom stereocenters. The summed E-state index contributed by atoms with van der Waals surface area (Å²) in [5, 5.41) is 12.3. The number of carbonyl (C=O) groups excluding carboxylic acids is 2. The van der Waals surface area contributed by atoms with Crippen LogP contribution in [0.25, 0.3) is 0 Å². The molecule has 1 aromatic rings.